The third-order valence-corrected chi connectivity index (χ3v) is 2.25. The Bertz CT molecular complexity index is 204. The van der Waals surface area contributed by atoms with Gasteiger partial charge in [0.25, 0.3) is 0 Å². The number of hydrogen-bond acceptors (Lipinski definition) is 2. The van der Waals surface area contributed by atoms with Crippen LogP contribution in [0, 0.1) is 0 Å². The maximum Gasteiger partial charge on any atom is 0.427 e. The summed E-state index contributed by atoms with van der Waals surface area (Å²) in [5, 5.41) is 13.6. The van der Waals surface area contributed by atoms with Crippen LogP contribution in [-0.4, -0.2) is 29.0 Å². The molecule has 0 aliphatic heterocycles. The second kappa shape index (κ2) is 4.84. The fourth-order valence-corrected chi connectivity index (χ4v) is 1.49. The molecule has 0 aromatic heterocycles. The number of carboxylic acid groups (broad SMARTS) is 1. The van der Waals surface area contributed by atoms with Crippen LogP contribution in [0.3, 0.4) is 0 Å². The van der Waals surface area contributed by atoms with Crippen LogP contribution in [-0.2, 0) is 0 Å². The van der Waals surface area contributed by atoms with Crippen molar-refractivity contribution in [1.29, 1.82) is 0 Å². The topological polar surface area (TPSA) is 52.9 Å². The zero-order valence-electron chi connectivity index (χ0n) is 7.99. The minimum absolute atomic E-state index is 0.956. The molecule has 13 heavy (non-hydrogen) atoms. The third-order valence-electron chi connectivity index (χ3n) is 2.25. The van der Waals surface area contributed by atoms with E-state index in [4.69, 9.17) is 5.11 Å². The van der Waals surface area contributed by atoms with E-state index in [1.54, 1.807) is 0 Å². The number of hydrogen-bond donors (Lipinski definition) is 1. The Morgan fingerprint density at radius 2 is 1.85 bits per heavy atom. The molecule has 1 rings (SSSR count). The number of carbonyl (C=O) groups is 1. The monoisotopic (exact) mass is 184 g/mol. The molecule has 0 unspecified atom stereocenters. The van der Waals surface area contributed by atoms with E-state index < -0.39 is 6.09 Å². The van der Waals surface area contributed by atoms with Gasteiger partial charge in [0.15, 0.2) is 0 Å². The first-order chi connectivity index (χ1) is 6.20. The van der Waals surface area contributed by atoms with E-state index in [9.17, 15) is 4.79 Å². The van der Waals surface area contributed by atoms with Crippen molar-refractivity contribution in [1.82, 2.24) is 5.01 Å². The molecule has 1 aliphatic carbocycles. The Labute approximate surface area is 78.2 Å². The highest BCUT2D eigenvalue weighted by atomic mass is 16.4. The second-order valence-electron chi connectivity index (χ2n) is 3.39. The van der Waals surface area contributed by atoms with Crippen LogP contribution >= 0.6 is 0 Å². The van der Waals surface area contributed by atoms with Gasteiger partial charge in [-0.3, -0.25) is 0 Å². The molecule has 0 aromatic carbocycles. The molecule has 1 fully saturated rings. The minimum Gasteiger partial charge on any atom is -0.464 e. The van der Waals surface area contributed by atoms with Crippen LogP contribution in [0.2, 0.25) is 0 Å². The van der Waals surface area contributed by atoms with Gasteiger partial charge in [-0.1, -0.05) is 12.8 Å². The van der Waals surface area contributed by atoms with Crippen LogP contribution in [0.4, 0.5) is 4.79 Å². The number of hydrazone groups is 1. The lowest BCUT2D eigenvalue weighted by Gasteiger charge is -2.08. The molecule has 0 saturated heterocycles. The van der Waals surface area contributed by atoms with E-state index in [2.05, 4.69) is 5.10 Å². The number of amides is 1. The van der Waals surface area contributed by atoms with Gasteiger partial charge in [0.1, 0.15) is 0 Å². The van der Waals surface area contributed by atoms with Crippen LogP contribution in [0.25, 0.3) is 0 Å². The smallest absolute Gasteiger partial charge is 0.427 e. The van der Waals surface area contributed by atoms with E-state index in [0.717, 1.165) is 36.4 Å². The maximum absolute atomic E-state index is 10.5. The number of nitrogens with zero attached hydrogens (tertiary/aromatic N) is 2. The average Bonchev–Trinajstić information content (AvgIpc) is 2.32. The summed E-state index contributed by atoms with van der Waals surface area (Å²) in [5.41, 5.74) is 1.03. The molecule has 0 atom stereocenters. The first-order valence-electron chi connectivity index (χ1n) is 4.73. The predicted octanol–water partition coefficient (Wildman–Crippen LogP) is 2.31. The minimum atomic E-state index is -0.989. The first-order valence-corrected chi connectivity index (χ1v) is 4.73. The zero-order chi connectivity index (χ0) is 9.68. The molecule has 1 amide bonds. The maximum atomic E-state index is 10.5. The van der Waals surface area contributed by atoms with Crippen molar-refractivity contribution in [2.24, 2.45) is 5.10 Å². The molecule has 4 nitrogen and oxygen atoms in total. The summed E-state index contributed by atoms with van der Waals surface area (Å²) in [4.78, 5) is 10.5. The van der Waals surface area contributed by atoms with Gasteiger partial charge in [-0.05, 0) is 25.7 Å². The Balaban J connectivity index is 2.52. The van der Waals surface area contributed by atoms with Crippen molar-refractivity contribution in [3.8, 4) is 0 Å². The quantitative estimate of drug-likeness (QED) is 0.502. The summed E-state index contributed by atoms with van der Waals surface area (Å²) >= 11 is 0. The van der Waals surface area contributed by atoms with Crippen LogP contribution < -0.4 is 0 Å². The van der Waals surface area contributed by atoms with Crippen molar-refractivity contribution in [2.75, 3.05) is 7.05 Å². The Morgan fingerprint density at radius 3 is 2.31 bits per heavy atom. The Morgan fingerprint density at radius 1 is 1.31 bits per heavy atom. The standard InChI is InChI=1S/C9H16N2O2/c1-11(9(12)13)10-8-6-4-2-3-5-7-8/h2-7H2,1H3,(H,12,13). The fraction of sp³-hybridized carbons (Fsp3) is 0.778. The van der Waals surface area contributed by atoms with E-state index in [-0.39, 0.29) is 0 Å². The lowest BCUT2D eigenvalue weighted by molar-refractivity contribution is 0.157. The lowest BCUT2D eigenvalue weighted by Crippen LogP contribution is -2.20. The van der Waals surface area contributed by atoms with Crippen LogP contribution in [0.5, 0.6) is 0 Å². The van der Waals surface area contributed by atoms with E-state index in [1.165, 1.54) is 19.9 Å². The predicted molar refractivity (Wildman–Crippen MR) is 50.9 cm³/mol. The molecular weight excluding hydrogens is 168 g/mol. The molecule has 0 spiro atoms. The van der Waals surface area contributed by atoms with Gasteiger partial charge < -0.3 is 5.11 Å². The fourth-order valence-electron chi connectivity index (χ4n) is 1.49. The Kier molecular flexibility index (Phi) is 3.73. The lowest BCUT2D eigenvalue weighted by atomic mass is 10.2. The van der Waals surface area contributed by atoms with E-state index in [0.29, 0.717) is 0 Å². The first kappa shape index (κ1) is 10.0. The van der Waals surface area contributed by atoms with E-state index >= 15 is 0 Å². The molecule has 1 aliphatic rings. The summed E-state index contributed by atoms with van der Waals surface area (Å²) in [5.74, 6) is 0. The van der Waals surface area contributed by atoms with Gasteiger partial charge in [-0.15, -0.1) is 0 Å². The van der Waals surface area contributed by atoms with Crippen molar-refractivity contribution >= 4 is 11.8 Å². The van der Waals surface area contributed by atoms with Crippen molar-refractivity contribution in [2.45, 2.75) is 38.5 Å². The molecule has 0 aromatic rings. The molecule has 0 radical (unpaired) electrons. The number of rotatable bonds is 1. The highest BCUT2D eigenvalue weighted by Crippen LogP contribution is 2.15. The van der Waals surface area contributed by atoms with E-state index in [1.807, 2.05) is 0 Å². The normalized spacial score (nSPS) is 17.8. The van der Waals surface area contributed by atoms with Crippen LogP contribution in [0.1, 0.15) is 38.5 Å². The zero-order valence-corrected chi connectivity index (χ0v) is 7.99. The van der Waals surface area contributed by atoms with Gasteiger partial charge in [0.05, 0.1) is 0 Å². The third kappa shape index (κ3) is 3.44. The highest BCUT2D eigenvalue weighted by molar-refractivity contribution is 5.85. The summed E-state index contributed by atoms with van der Waals surface area (Å²) in [6.45, 7) is 0. The SMILES string of the molecule is CN(N=C1CCCCCC1)C(=O)O. The van der Waals surface area contributed by atoms with Gasteiger partial charge >= 0.3 is 6.09 Å². The summed E-state index contributed by atoms with van der Waals surface area (Å²) < 4.78 is 0. The molecule has 1 saturated carbocycles. The molecule has 1 N–H and O–H groups in total. The van der Waals surface area contributed by atoms with Crippen molar-refractivity contribution < 1.29 is 9.90 Å². The summed E-state index contributed by atoms with van der Waals surface area (Å²) in [7, 11) is 1.47. The largest absolute Gasteiger partial charge is 0.464 e. The van der Waals surface area contributed by atoms with Gasteiger partial charge in [-0.25, -0.2) is 9.80 Å². The molecule has 0 bridgehead atoms. The van der Waals surface area contributed by atoms with Crippen molar-refractivity contribution in [3.63, 3.8) is 0 Å². The highest BCUT2D eigenvalue weighted by Gasteiger charge is 2.09. The summed E-state index contributed by atoms with van der Waals surface area (Å²) in [6, 6.07) is 0. The summed E-state index contributed by atoms with van der Waals surface area (Å²) in [6.07, 6.45) is 5.70. The molecule has 4 heteroatoms. The van der Waals surface area contributed by atoms with Gasteiger partial charge in [-0.2, -0.15) is 5.10 Å². The van der Waals surface area contributed by atoms with Crippen LogP contribution in [0.15, 0.2) is 5.10 Å². The second-order valence-corrected chi connectivity index (χ2v) is 3.39. The van der Waals surface area contributed by atoms with Gasteiger partial charge in [0, 0.05) is 12.8 Å². The van der Waals surface area contributed by atoms with Gasteiger partial charge in [0.2, 0.25) is 0 Å². The average molecular weight is 184 g/mol. The molecular formula is C9H16N2O2. The van der Waals surface area contributed by atoms with Crippen molar-refractivity contribution in [3.05, 3.63) is 0 Å². The molecule has 0 heterocycles. The molecule has 74 valence electrons. The Hall–Kier alpha value is -1.06.